The second-order valence-electron chi connectivity index (χ2n) is 43.4. The molecule has 2 nitrogen and oxygen atoms in total. The van der Waals surface area contributed by atoms with Gasteiger partial charge in [0.2, 0.25) is 0 Å². The maximum absolute atomic E-state index is 6.50. The van der Waals surface area contributed by atoms with E-state index >= 15 is 0 Å². The Morgan fingerprint density at radius 2 is 0.450 bits per heavy atom. The number of anilines is 3. The van der Waals surface area contributed by atoms with Crippen molar-refractivity contribution in [1.82, 2.24) is 0 Å². The Morgan fingerprint density at radius 1 is 0.257 bits per heavy atom. The topological polar surface area (TPSA) is 38.0 Å². The lowest BCUT2D eigenvalue weighted by Crippen LogP contribution is -2.48. The molecule has 16 aliphatic carbocycles. The van der Waals surface area contributed by atoms with Crippen LogP contribution in [0.5, 0.6) is 0 Å². The number of nitrogens with one attached hydrogen (secondary N) is 1. The predicted octanol–water partition coefficient (Wildman–Crippen LogP) is 30.1. The van der Waals surface area contributed by atoms with Crippen LogP contribution in [0.15, 0.2) is 174 Å². The van der Waals surface area contributed by atoms with Gasteiger partial charge in [0.15, 0.2) is 0 Å². The van der Waals surface area contributed by atoms with E-state index in [1.165, 1.54) is 237 Å². The second-order valence-corrected chi connectivity index (χ2v) is 44.3. The molecule has 16 aliphatic rings. The second kappa shape index (κ2) is 28.4. The van der Waals surface area contributed by atoms with Gasteiger partial charge in [0, 0.05) is 21.5 Å². The summed E-state index contributed by atoms with van der Waals surface area (Å²) in [6.07, 6.45) is 35.2. The third-order valence-electron chi connectivity index (χ3n) is 30.9. The normalized spacial score (nSPS) is 31.8. The van der Waals surface area contributed by atoms with Crippen molar-refractivity contribution in [2.45, 2.75) is 295 Å². The van der Waals surface area contributed by atoms with Crippen molar-refractivity contribution in [2.75, 3.05) is 11.1 Å². The number of rotatable bonds is 10. The van der Waals surface area contributed by atoms with Crippen LogP contribution in [0.1, 0.15) is 297 Å². The Labute approximate surface area is 669 Å². The first-order valence-electron chi connectivity index (χ1n) is 43.1. The molecule has 3 N–H and O–H groups in total. The Morgan fingerprint density at radius 3 is 0.661 bits per heavy atom. The Kier molecular flexibility index (Phi) is 20.0. The van der Waals surface area contributed by atoms with Crippen molar-refractivity contribution in [3.63, 3.8) is 0 Å². The SMILES string of the molecule is C.C.CC(C)(C)c1cc(Br)cc(C(C)(C)C)c1.CC(C)(C)c1cc(Nc2cc(-c3ccc(C45CC6CC(CC(C6)C4)C5)cc3)cc(-c3ccc(C45CC6CC(CC(C6)C4)C5)cc3)c2)cc(C(C)(C)C)c1.Nc1cc(-c2ccc(C34CC5CC(CC(C5)C3)C4)cc2)cc(-c2ccc(C34CC5CC(CC(C5)C3)C4)cc2)c1. The quantitative estimate of drug-likeness (QED) is 0.134. The fourth-order valence-electron chi connectivity index (χ4n) is 27.1. The van der Waals surface area contributed by atoms with Crippen LogP contribution in [0.3, 0.4) is 0 Å². The van der Waals surface area contributed by atoms with Gasteiger partial charge >= 0.3 is 0 Å². The molecule has 109 heavy (non-hydrogen) atoms. The first-order chi connectivity index (χ1) is 50.9. The number of benzene rings is 8. The van der Waals surface area contributed by atoms with E-state index in [0.717, 1.165) is 76.7 Å². The smallest absolute Gasteiger partial charge is 0.0396 e. The molecule has 16 bridgehead atoms. The molecular formula is C106H135BrN2. The minimum absolute atomic E-state index is 0. The average molecular weight is 1520 g/mol. The van der Waals surface area contributed by atoms with Crippen LogP contribution in [0.2, 0.25) is 0 Å². The molecule has 16 fully saturated rings. The minimum atomic E-state index is 0. The lowest BCUT2D eigenvalue weighted by Gasteiger charge is -2.57. The van der Waals surface area contributed by atoms with Crippen LogP contribution in [0.4, 0.5) is 17.1 Å². The van der Waals surface area contributed by atoms with Gasteiger partial charge in [0.25, 0.3) is 0 Å². The highest BCUT2D eigenvalue weighted by atomic mass is 79.9. The number of hydrogen-bond acceptors (Lipinski definition) is 2. The van der Waals surface area contributed by atoms with E-state index in [1.807, 2.05) is 0 Å². The van der Waals surface area contributed by atoms with Gasteiger partial charge < -0.3 is 11.1 Å². The molecule has 0 unspecified atom stereocenters. The van der Waals surface area contributed by atoms with Gasteiger partial charge in [0.05, 0.1) is 0 Å². The van der Waals surface area contributed by atoms with Crippen LogP contribution in [-0.4, -0.2) is 0 Å². The molecule has 16 saturated carbocycles. The van der Waals surface area contributed by atoms with Crippen LogP contribution >= 0.6 is 15.9 Å². The maximum Gasteiger partial charge on any atom is 0.0396 e. The summed E-state index contributed by atoms with van der Waals surface area (Å²) in [5.41, 5.74) is 34.4. The summed E-state index contributed by atoms with van der Waals surface area (Å²) in [6.45, 7) is 27.5. The van der Waals surface area contributed by atoms with Crippen molar-refractivity contribution < 1.29 is 0 Å². The lowest BCUT2D eigenvalue weighted by atomic mass is 9.48. The standard InChI is InChI=1S/C52H63N.C38H43N.C14H21Br.2CH4/c1-49(2,3)45-24-46(50(4,5)6)26-48(25-45)53-47-22-41(39-7-11-43(12-8-39)51-27-33-15-34(28-51)17-35(16-33)29-51)21-42(23-47)40-9-13-44(14-10-40)52-30-36-18-37(31-52)20-38(19-36)32-52;39-36-16-32(30-1-5-34(6-2-30)37-18-24-9-25(19-37)11-26(10-24)20-37)15-33(17-36)31-3-7-35(8-4-31)38-21-27-12-28(22-38)14-29(13-27)23-38;1-13(2,3)10-7-11(14(4,5)6)9-12(15)8-10;;/h7-14,21-26,33-38,53H,15-20,27-32H2,1-6H3;1-8,15-17,24-29H,9-14,18-23,39H2;7-9H,1-6H3;2*1H4. The van der Waals surface area contributed by atoms with E-state index in [2.05, 4.69) is 274 Å². The third-order valence-corrected chi connectivity index (χ3v) is 31.4. The Hall–Kier alpha value is -6.16. The molecule has 0 heterocycles. The zero-order valence-electron chi connectivity index (χ0n) is 67.5. The highest BCUT2D eigenvalue weighted by Gasteiger charge is 2.55. The van der Waals surface area contributed by atoms with Crippen molar-refractivity contribution in [1.29, 1.82) is 0 Å². The van der Waals surface area contributed by atoms with E-state index in [1.54, 1.807) is 22.3 Å². The summed E-state index contributed by atoms with van der Waals surface area (Å²) in [5.74, 6) is 11.7. The first kappa shape index (κ1) is 76.8. The van der Waals surface area contributed by atoms with E-state index in [9.17, 15) is 0 Å². The molecule has 8 aromatic carbocycles. The third kappa shape index (κ3) is 15.3. The van der Waals surface area contributed by atoms with E-state index < -0.39 is 0 Å². The van der Waals surface area contributed by atoms with Crippen LogP contribution in [-0.2, 0) is 43.3 Å². The largest absolute Gasteiger partial charge is 0.399 e. The average Bonchev–Trinajstić information content (AvgIpc) is 0.748. The van der Waals surface area contributed by atoms with Crippen LogP contribution in [0.25, 0.3) is 44.5 Å². The Bertz CT molecular complexity index is 4190. The van der Waals surface area contributed by atoms with Crippen molar-refractivity contribution in [3.8, 4) is 44.5 Å². The van der Waals surface area contributed by atoms with Crippen molar-refractivity contribution >= 4 is 33.0 Å². The molecule has 3 heteroatoms. The number of nitrogens with two attached hydrogens (primary N) is 1. The van der Waals surface area contributed by atoms with Gasteiger partial charge in [-0.3, -0.25) is 0 Å². The number of hydrogen-bond donors (Lipinski definition) is 2. The summed E-state index contributed by atoms with van der Waals surface area (Å²) in [5, 5.41) is 3.95. The van der Waals surface area contributed by atoms with Gasteiger partial charge in [0.1, 0.15) is 0 Å². The van der Waals surface area contributed by atoms with Crippen LogP contribution < -0.4 is 11.1 Å². The molecule has 0 atom stereocenters. The summed E-state index contributed by atoms with van der Waals surface area (Å²) in [7, 11) is 0. The van der Waals surface area contributed by atoms with E-state index in [0.29, 0.717) is 21.7 Å². The van der Waals surface area contributed by atoms with Gasteiger partial charge in [-0.25, -0.2) is 0 Å². The van der Waals surface area contributed by atoms with Gasteiger partial charge in [-0.15, -0.1) is 0 Å². The molecule has 0 saturated heterocycles. The first-order valence-corrected chi connectivity index (χ1v) is 43.9. The van der Waals surface area contributed by atoms with Crippen LogP contribution in [0, 0.1) is 71.0 Å². The zero-order valence-corrected chi connectivity index (χ0v) is 69.1. The molecule has 8 aromatic rings. The highest BCUT2D eigenvalue weighted by molar-refractivity contribution is 9.10. The minimum Gasteiger partial charge on any atom is -0.399 e. The van der Waals surface area contributed by atoms with E-state index in [-0.39, 0.29) is 36.5 Å². The molecule has 576 valence electrons. The molecule has 0 aliphatic heterocycles. The van der Waals surface area contributed by atoms with Crippen molar-refractivity contribution in [3.05, 3.63) is 219 Å². The zero-order chi connectivity index (χ0) is 74.0. The van der Waals surface area contributed by atoms with Gasteiger partial charge in [-0.1, -0.05) is 223 Å². The predicted molar refractivity (Wildman–Crippen MR) is 471 cm³/mol. The molecule has 0 radical (unpaired) electrons. The molecule has 0 spiro atoms. The number of halogens is 1. The summed E-state index contributed by atoms with van der Waals surface area (Å²) < 4.78 is 1.18. The summed E-state index contributed by atoms with van der Waals surface area (Å²) in [6, 6.07) is 67.1. The Balaban J connectivity index is 0.000000141. The summed E-state index contributed by atoms with van der Waals surface area (Å²) >= 11 is 3.60. The highest BCUT2D eigenvalue weighted by Crippen LogP contribution is 2.65. The lowest BCUT2D eigenvalue weighted by molar-refractivity contribution is -0.00530. The van der Waals surface area contributed by atoms with Gasteiger partial charge in [-0.05, 0) is 418 Å². The van der Waals surface area contributed by atoms with Gasteiger partial charge in [-0.2, -0.15) is 0 Å². The number of nitrogen functional groups attached to an aromatic ring is 1. The monoisotopic (exact) mass is 1510 g/mol. The molecular weight excluding hydrogens is 1380 g/mol. The molecule has 24 rings (SSSR count). The maximum atomic E-state index is 6.50. The van der Waals surface area contributed by atoms with E-state index in [4.69, 9.17) is 5.73 Å². The molecule has 0 amide bonds. The fourth-order valence-corrected chi connectivity index (χ4v) is 27.6. The fraction of sp³-hybridized carbons (Fsp3) is 0.547. The summed E-state index contributed by atoms with van der Waals surface area (Å²) in [4.78, 5) is 0. The van der Waals surface area contributed by atoms with Crippen molar-refractivity contribution in [2.24, 2.45) is 71.0 Å². The molecule has 0 aromatic heterocycles.